The molecule has 12 nitrogen and oxygen atoms in total. The molecule has 1 saturated heterocycles. The number of carboxylic acids is 2. The summed E-state index contributed by atoms with van der Waals surface area (Å²) < 4.78 is 0. The summed E-state index contributed by atoms with van der Waals surface area (Å²) in [6.45, 7) is 0.358. The Hall–Kier alpha value is -3.58. The molecule has 13 heteroatoms. The molecular formula is C26H35N5O7S. The van der Waals surface area contributed by atoms with E-state index >= 15 is 0 Å². The number of fused-ring (bicyclic) bond motifs is 1. The van der Waals surface area contributed by atoms with Gasteiger partial charge in [0.2, 0.25) is 17.7 Å². The maximum Gasteiger partial charge on any atom is 0.326 e. The van der Waals surface area contributed by atoms with Crippen molar-refractivity contribution in [1.29, 1.82) is 0 Å². The summed E-state index contributed by atoms with van der Waals surface area (Å²) >= 11 is 1.45. The summed E-state index contributed by atoms with van der Waals surface area (Å²) in [5.74, 6) is -3.63. The van der Waals surface area contributed by atoms with E-state index in [0.717, 1.165) is 16.5 Å². The Balaban J connectivity index is 1.66. The molecule has 3 rings (SSSR count). The number of likely N-dealkylation sites (tertiary alicyclic amines) is 1. The van der Waals surface area contributed by atoms with Crippen LogP contribution in [0.1, 0.15) is 37.7 Å². The number of nitrogens with zero attached hydrogens (tertiary/aromatic N) is 1. The van der Waals surface area contributed by atoms with Crippen LogP contribution in [0.15, 0.2) is 30.5 Å². The zero-order chi connectivity index (χ0) is 28.5. The van der Waals surface area contributed by atoms with Gasteiger partial charge in [-0.3, -0.25) is 19.2 Å². The Morgan fingerprint density at radius 2 is 1.87 bits per heavy atom. The molecule has 2 aromatic rings. The van der Waals surface area contributed by atoms with Crippen LogP contribution in [0.5, 0.6) is 0 Å². The molecule has 1 aromatic heterocycles. The van der Waals surface area contributed by atoms with E-state index in [9.17, 15) is 29.1 Å². The molecule has 2 heterocycles. The topological polar surface area (TPSA) is 195 Å². The number of aromatic amines is 1. The fourth-order valence-electron chi connectivity index (χ4n) is 4.71. The normalized spacial score (nSPS) is 17.4. The lowest BCUT2D eigenvalue weighted by Gasteiger charge is -2.28. The number of rotatable bonds is 14. The summed E-state index contributed by atoms with van der Waals surface area (Å²) in [5.41, 5.74) is 8.13. The number of carboxylic acid groups (broad SMARTS) is 2. The van der Waals surface area contributed by atoms with Crippen LogP contribution < -0.4 is 16.4 Å². The molecule has 0 radical (unpaired) electrons. The minimum Gasteiger partial charge on any atom is -0.481 e. The quantitative estimate of drug-likeness (QED) is 0.192. The third-order valence-corrected chi connectivity index (χ3v) is 7.42. The molecule has 0 bridgehead atoms. The van der Waals surface area contributed by atoms with Gasteiger partial charge in [-0.2, -0.15) is 11.8 Å². The highest BCUT2D eigenvalue weighted by atomic mass is 32.2. The number of amides is 3. The first-order valence-corrected chi connectivity index (χ1v) is 14.2. The number of para-hydroxylation sites is 1. The zero-order valence-corrected chi connectivity index (χ0v) is 22.5. The van der Waals surface area contributed by atoms with Crippen molar-refractivity contribution < 1.29 is 34.2 Å². The predicted molar refractivity (Wildman–Crippen MR) is 146 cm³/mol. The summed E-state index contributed by atoms with van der Waals surface area (Å²) in [6.07, 6.45) is 4.45. The van der Waals surface area contributed by atoms with Gasteiger partial charge < -0.3 is 36.5 Å². The van der Waals surface area contributed by atoms with Crippen LogP contribution in [0.4, 0.5) is 0 Å². The number of nitrogens with two attached hydrogens (primary N) is 1. The van der Waals surface area contributed by atoms with Gasteiger partial charge in [0.25, 0.3) is 0 Å². The van der Waals surface area contributed by atoms with Crippen LogP contribution in [-0.2, 0) is 30.4 Å². The van der Waals surface area contributed by atoms with Crippen molar-refractivity contribution in [2.75, 3.05) is 18.6 Å². The Bertz CT molecular complexity index is 1200. The molecule has 0 aliphatic carbocycles. The van der Waals surface area contributed by atoms with Gasteiger partial charge in [0.15, 0.2) is 0 Å². The number of carbonyl (C=O) groups excluding carboxylic acids is 3. The van der Waals surface area contributed by atoms with E-state index < -0.39 is 54.3 Å². The number of hydrogen-bond acceptors (Lipinski definition) is 7. The SMILES string of the molecule is CSCCC(NC(=O)C1CCCN1C(=O)C(N)Cc1c[nH]c2ccccc12)C(=O)NC(CCC(=O)O)C(=O)O. The molecule has 0 saturated carbocycles. The second-order valence-corrected chi connectivity index (χ2v) is 10.5. The molecule has 212 valence electrons. The first-order valence-electron chi connectivity index (χ1n) is 12.8. The van der Waals surface area contributed by atoms with Gasteiger partial charge >= 0.3 is 11.9 Å². The number of carbonyl (C=O) groups is 5. The van der Waals surface area contributed by atoms with Gasteiger partial charge in [-0.25, -0.2) is 4.79 Å². The summed E-state index contributed by atoms with van der Waals surface area (Å²) in [7, 11) is 0. The number of H-pyrrole nitrogens is 1. The monoisotopic (exact) mass is 561 g/mol. The standard InChI is InChI=1S/C26H35N5O7S/c1-39-12-10-19(23(34)30-20(26(37)38)8-9-22(32)33)29-24(35)21-7-4-11-31(21)25(36)17(27)13-15-14-28-18-6-3-2-5-16(15)18/h2-3,5-6,14,17,19-21,28H,4,7-13,27H2,1H3,(H,29,35)(H,30,34)(H,32,33)(H,37,38). The van der Waals surface area contributed by atoms with E-state index in [2.05, 4.69) is 15.6 Å². The van der Waals surface area contributed by atoms with Crippen LogP contribution in [-0.4, -0.2) is 92.5 Å². The molecule has 39 heavy (non-hydrogen) atoms. The lowest BCUT2D eigenvalue weighted by atomic mass is 10.0. The average Bonchev–Trinajstić information content (AvgIpc) is 3.55. The zero-order valence-electron chi connectivity index (χ0n) is 21.7. The van der Waals surface area contributed by atoms with Gasteiger partial charge in [-0.15, -0.1) is 0 Å². The van der Waals surface area contributed by atoms with Crippen LogP contribution in [0.25, 0.3) is 10.9 Å². The minimum atomic E-state index is -1.41. The average molecular weight is 562 g/mol. The first-order chi connectivity index (χ1) is 18.6. The fourth-order valence-corrected chi connectivity index (χ4v) is 5.18. The lowest BCUT2D eigenvalue weighted by molar-refractivity contribution is -0.144. The Morgan fingerprint density at radius 1 is 1.13 bits per heavy atom. The Morgan fingerprint density at radius 3 is 2.56 bits per heavy atom. The third kappa shape index (κ3) is 7.96. The highest BCUT2D eigenvalue weighted by Gasteiger charge is 2.38. The smallest absolute Gasteiger partial charge is 0.326 e. The van der Waals surface area contributed by atoms with E-state index in [1.165, 1.54) is 16.7 Å². The molecule has 1 fully saturated rings. The van der Waals surface area contributed by atoms with Crippen LogP contribution in [0, 0.1) is 0 Å². The van der Waals surface area contributed by atoms with Gasteiger partial charge in [-0.05, 0) is 55.7 Å². The van der Waals surface area contributed by atoms with Gasteiger partial charge in [0.1, 0.15) is 18.1 Å². The largest absolute Gasteiger partial charge is 0.481 e. The van der Waals surface area contributed by atoms with Gasteiger partial charge in [0.05, 0.1) is 6.04 Å². The molecule has 0 spiro atoms. The predicted octanol–water partition coefficient (Wildman–Crippen LogP) is 0.701. The van der Waals surface area contributed by atoms with Crippen molar-refractivity contribution in [2.24, 2.45) is 5.73 Å². The summed E-state index contributed by atoms with van der Waals surface area (Å²) in [4.78, 5) is 66.4. The Labute approximate surface area is 230 Å². The number of benzene rings is 1. The molecule has 3 amide bonds. The second kappa shape index (κ2) is 14.0. The van der Waals surface area contributed by atoms with E-state index in [1.807, 2.05) is 36.7 Å². The fraction of sp³-hybridized carbons (Fsp3) is 0.500. The number of aromatic nitrogens is 1. The molecule has 1 aliphatic heterocycles. The minimum absolute atomic E-state index is 0.227. The summed E-state index contributed by atoms with van der Waals surface area (Å²) in [6, 6.07) is 3.57. The third-order valence-electron chi connectivity index (χ3n) is 6.78. The van der Waals surface area contributed by atoms with Crippen molar-refractivity contribution in [3.63, 3.8) is 0 Å². The van der Waals surface area contributed by atoms with Crippen LogP contribution in [0.2, 0.25) is 0 Å². The lowest BCUT2D eigenvalue weighted by Crippen LogP contribution is -2.57. The number of thioether (sulfide) groups is 1. The van der Waals surface area contributed by atoms with Crippen LogP contribution >= 0.6 is 11.8 Å². The molecule has 4 unspecified atom stereocenters. The number of nitrogens with one attached hydrogen (secondary N) is 3. The van der Waals surface area contributed by atoms with E-state index in [1.54, 1.807) is 0 Å². The van der Waals surface area contributed by atoms with E-state index in [-0.39, 0.29) is 18.7 Å². The van der Waals surface area contributed by atoms with E-state index in [4.69, 9.17) is 10.8 Å². The van der Waals surface area contributed by atoms with Crippen molar-refractivity contribution >= 4 is 52.3 Å². The van der Waals surface area contributed by atoms with Crippen molar-refractivity contribution in [3.05, 3.63) is 36.0 Å². The first kappa shape index (κ1) is 30.0. The van der Waals surface area contributed by atoms with Gasteiger partial charge in [-0.1, -0.05) is 18.2 Å². The summed E-state index contributed by atoms with van der Waals surface area (Å²) in [5, 5.41) is 24.2. The maximum atomic E-state index is 13.3. The maximum absolute atomic E-state index is 13.3. The molecule has 1 aliphatic rings. The molecule has 1 aromatic carbocycles. The van der Waals surface area contributed by atoms with Gasteiger partial charge in [0, 0.05) is 30.1 Å². The van der Waals surface area contributed by atoms with Crippen LogP contribution in [0.3, 0.4) is 0 Å². The molecule has 4 atom stereocenters. The number of hydrogen-bond donors (Lipinski definition) is 6. The molecular weight excluding hydrogens is 526 g/mol. The van der Waals surface area contributed by atoms with E-state index in [0.29, 0.717) is 31.6 Å². The highest BCUT2D eigenvalue weighted by molar-refractivity contribution is 7.98. The Kier molecular flexibility index (Phi) is 10.8. The number of aliphatic carboxylic acids is 2. The van der Waals surface area contributed by atoms with Crippen molar-refractivity contribution in [2.45, 2.75) is 62.7 Å². The van der Waals surface area contributed by atoms with Crippen molar-refractivity contribution in [1.82, 2.24) is 20.5 Å². The van der Waals surface area contributed by atoms with Crippen molar-refractivity contribution in [3.8, 4) is 0 Å². The molecule has 7 N–H and O–H groups in total. The highest BCUT2D eigenvalue weighted by Crippen LogP contribution is 2.22. The second-order valence-electron chi connectivity index (χ2n) is 9.53.